The molecule has 0 radical (unpaired) electrons. The number of phenols is 1. The number of aryl methyl sites for hydroxylation is 1. The number of halogens is 3. The number of pyridine rings is 1. The molecule has 49 heavy (non-hydrogen) atoms. The average molecular weight is 679 g/mol. The van der Waals surface area contributed by atoms with Gasteiger partial charge in [0.1, 0.15) is 41.4 Å². The number of anilines is 1. The highest BCUT2D eigenvalue weighted by Crippen LogP contribution is 2.42. The summed E-state index contributed by atoms with van der Waals surface area (Å²) >= 11 is 0. The second-order valence-electron chi connectivity index (χ2n) is 13.9. The van der Waals surface area contributed by atoms with Gasteiger partial charge < -0.3 is 24.8 Å². The first-order valence-corrected chi connectivity index (χ1v) is 16.9. The average Bonchev–Trinajstić information content (AvgIpc) is 3.65. The zero-order chi connectivity index (χ0) is 34.3. The van der Waals surface area contributed by atoms with Gasteiger partial charge in [-0.25, -0.2) is 13.2 Å². The number of fused-ring (bicyclic) bond motifs is 3. The number of hydrogen-bond acceptors (Lipinski definition) is 9. The topological polar surface area (TPSA) is 113 Å². The highest BCUT2D eigenvalue weighted by molar-refractivity contribution is 6.01. The summed E-state index contributed by atoms with van der Waals surface area (Å²) in [6.45, 7) is 4.65. The fraction of sp³-hybridized carbons (Fsp3) is 0.500. The predicted molar refractivity (Wildman–Crippen MR) is 180 cm³/mol. The number of benzene rings is 2. The summed E-state index contributed by atoms with van der Waals surface area (Å²) in [7, 11) is 1.57. The summed E-state index contributed by atoms with van der Waals surface area (Å²) < 4.78 is 59.1. The molecule has 1 amide bonds. The Kier molecular flexibility index (Phi) is 8.99. The van der Waals surface area contributed by atoms with Gasteiger partial charge in [-0.15, -0.1) is 0 Å². The Hall–Kier alpha value is -4.23. The van der Waals surface area contributed by atoms with Gasteiger partial charge in [0, 0.05) is 38.4 Å². The van der Waals surface area contributed by atoms with E-state index in [1.54, 1.807) is 25.0 Å². The molecule has 2 N–H and O–H groups in total. The monoisotopic (exact) mass is 678 g/mol. The Morgan fingerprint density at radius 1 is 1.16 bits per heavy atom. The third-order valence-corrected chi connectivity index (χ3v) is 10.4. The number of methoxy groups -OCH3 is 1. The summed E-state index contributed by atoms with van der Waals surface area (Å²) in [4.78, 5) is 29.3. The maximum Gasteiger partial charge on any atom is 0.319 e. The van der Waals surface area contributed by atoms with E-state index in [0.717, 1.165) is 38.8 Å². The quantitative estimate of drug-likeness (QED) is 0.158. The van der Waals surface area contributed by atoms with Gasteiger partial charge in [0.25, 0.3) is 0 Å². The zero-order valence-electron chi connectivity index (χ0n) is 27.8. The lowest BCUT2D eigenvalue weighted by molar-refractivity contribution is -0.111. The first-order valence-electron chi connectivity index (χ1n) is 16.9. The van der Waals surface area contributed by atoms with E-state index in [9.17, 15) is 9.90 Å². The number of carbonyl (C=O) groups excluding carboxylic acids is 1. The molecule has 260 valence electrons. The third kappa shape index (κ3) is 6.22. The maximum absolute atomic E-state index is 17.0. The summed E-state index contributed by atoms with van der Waals surface area (Å²) in [6, 6.07) is 5.71. The van der Waals surface area contributed by atoms with Crippen molar-refractivity contribution in [3.8, 4) is 23.0 Å². The minimum Gasteiger partial charge on any atom is -0.508 e. The number of amides is 1. The van der Waals surface area contributed by atoms with Crippen molar-refractivity contribution in [3.05, 3.63) is 47.7 Å². The van der Waals surface area contributed by atoms with E-state index in [4.69, 9.17) is 14.5 Å². The van der Waals surface area contributed by atoms with Crippen molar-refractivity contribution in [1.29, 1.82) is 0 Å². The van der Waals surface area contributed by atoms with Gasteiger partial charge in [-0.1, -0.05) is 6.07 Å². The van der Waals surface area contributed by atoms with E-state index < -0.39 is 23.3 Å². The van der Waals surface area contributed by atoms with Crippen LogP contribution in [0.5, 0.6) is 11.8 Å². The van der Waals surface area contributed by atoms with Crippen molar-refractivity contribution in [3.63, 3.8) is 0 Å². The Bertz CT molecular complexity index is 1890. The molecule has 2 atom stereocenters. The number of aromatic hydroxyl groups is 1. The van der Waals surface area contributed by atoms with Gasteiger partial charge >= 0.3 is 6.01 Å². The Labute approximate surface area is 282 Å². The van der Waals surface area contributed by atoms with Crippen LogP contribution in [0.15, 0.2) is 30.5 Å². The first-order chi connectivity index (χ1) is 23.6. The molecular formula is C36H41F3N6O4. The lowest BCUT2D eigenvalue weighted by Crippen LogP contribution is -2.58. The molecule has 3 saturated heterocycles. The molecule has 2 aromatic heterocycles. The normalized spacial score (nSPS) is 22.1. The van der Waals surface area contributed by atoms with Crippen LogP contribution in [-0.4, -0.2) is 95.1 Å². The van der Waals surface area contributed by atoms with Crippen LogP contribution in [0.25, 0.3) is 32.9 Å². The summed E-state index contributed by atoms with van der Waals surface area (Å²) in [5.74, 6) is -1.17. The number of phenolic OH excluding ortho intramolecular Hbond substituents is 1. The molecule has 0 saturated carbocycles. The Morgan fingerprint density at radius 2 is 1.96 bits per heavy atom. The third-order valence-electron chi connectivity index (χ3n) is 10.4. The van der Waals surface area contributed by atoms with Crippen LogP contribution in [-0.2, 0) is 16.0 Å². The maximum atomic E-state index is 17.0. The minimum atomic E-state index is -1.30. The Balaban J connectivity index is 1.38. The van der Waals surface area contributed by atoms with E-state index >= 15 is 13.2 Å². The molecule has 0 spiro atoms. The van der Waals surface area contributed by atoms with Crippen molar-refractivity contribution in [2.24, 2.45) is 0 Å². The van der Waals surface area contributed by atoms with Crippen molar-refractivity contribution in [1.82, 2.24) is 25.2 Å². The number of ether oxygens (including phenoxy) is 2. The lowest BCUT2D eigenvalue weighted by Gasteiger charge is -2.42. The lowest BCUT2D eigenvalue weighted by atomic mass is 9.90. The molecule has 5 heterocycles. The van der Waals surface area contributed by atoms with Crippen LogP contribution in [0.1, 0.15) is 51.0 Å². The van der Waals surface area contributed by atoms with Crippen molar-refractivity contribution < 1.29 is 32.5 Å². The highest BCUT2D eigenvalue weighted by atomic mass is 19.1. The fourth-order valence-corrected chi connectivity index (χ4v) is 8.25. The Morgan fingerprint density at radius 3 is 2.71 bits per heavy atom. The van der Waals surface area contributed by atoms with Crippen molar-refractivity contribution in [2.75, 3.05) is 51.4 Å². The van der Waals surface area contributed by atoms with Gasteiger partial charge in [0.05, 0.1) is 23.0 Å². The predicted octanol–water partition coefficient (Wildman–Crippen LogP) is 5.47. The number of aromatic nitrogens is 3. The summed E-state index contributed by atoms with van der Waals surface area (Å²) in [6.07, 6.45) is 5.73. The molecular weight excluding hydrogens is 637 g/mol. The van der Waals surface area contributed by atoms with Crippen LogP contribution in [0.4, 0.5) is 19.0 Å². The fourth-order valence-electron chi connectivity index (χ4n) is 8.25. The van der Waals surface area contributed by atoms with Gasteiger partial charge in [-0.05, 0) is 93.1 Å². The molecule has 0 bridgehead atoms. The molecule has 3 fully saturated rings. The van der Waals surface area contributed by atoms with Crippen molar-refractivity contribution in [2.45, 2.75) is 69.1 Å². The minimum absolute atomic E-state index is 0.0376. The standard InChI is InChI=1S/C36H41F3N6O4/c1-35(41-21-46)16-23(37)18-44(19-35)33-27-17-40-31(26-15-24(47)14-22-7-8-28(38)25(29(22)26)6-3-13-48-2)30(39)32(27)42-34(43-33)49-20-36-9-4-11-45(36)12-5-10-36/h7-8,14-15,17,21,23,47H,3-6,9-13,16,18-20H2,1-2H3,(H,41,46). The summed E-state index contributed by atoms with van der Waals surface area (Å²) in [5.41, 5.74) is -0.698. The molecule has 2 unspecified atom stereocenters. The van der Waals surface area contributed by atoms with E-state index in [2.05, 4.69) is 20.2 Å². The first kappa shape index (κ1) is 33.3. The van der Waals surface area contributed by atoms with Gasteiger partial charge in [-0.3, -0.25) is 14.7 Å². The highest BCUT2D eigenvalue weighted by Gasteiger charge is 2.45. The largest absolute Gasteiger partial charge is 0.508 e. The molecule has 3 aliphatic rings. The van der Waals surface area contributed by atoms with Crippen LogP contribution >= 0.6 is 0 Å². The number of nitrogens with one attached hydrogen (secondary N) is 1. The molecule has 0 aliphatic carbocycles. The molecule has 10 nitrogen and oxygen atoms in total. The van der Waals surface area contributed by atoms with Crippen molar-refractivity contribution >= 4 is 33.9 Å². The van der Waals surface area contributed by atoms with E-state index in [1.165, 1.54) is 24.4 Å². The van der Waals surface area contributed by atoms with Crippen LogP contribution in [0, 0.1) is 11.6 Å². The van der Waals surface area contributed by atoms with Gasteiger partial charge in [0.2, 0.25) is 6.41 Å². The van der Waals surface area contributed by atoms with Gasteiger partial charge in [-0.2, -0.15) is 9.97 Å². The SMILES string of the molecule is COCCCc1c(F)ccc2cc(O)cc(-c3ncc4c(N5CC(F)CC(C)(NC=O)C5)nc(OCC56CCCN5CCC6)nc4c3F)c12. The van der Waals surface area contributed by atoms with E-state index in [1.807, 2.05) is 0 Å². The molecule has 3 aliphatic heterocycles. The number of piperidine rings is 1. The number of nitrogens with zero attached hydrogens (tertiary/aromatic N) is 5. The van der Waals surface area contributed by atoms with Crippen LogP contribution < -0.4 is 15.0 Å². The van der Waals surface area contributed by atoms with Crippen LogP contribution in [0.2, 0.25) is 0 Å². The van der Waals surface area contributed by atoms with Gasteiger partial charge in [0.15, 0.2) is 5.82 Å². The molecule has 2 aromatic carbocycles. The number of hydrogen-bond donors (Lipinski definition) is 2. The second kappa shape index (κ2) is 13.2. The van der Waals surface area contributed by atoms with E-state index in [-0.39, 0.29) is 64.8 Å². The molecule has 13 heteroatoms. The number of rotatable bonds is 11. The van der Waals surface area contributed by atoms with E-state index in [0.29, 0.717) is 48.8 Å². The zero-order valence-corrected chi connectivity index (χ0v) is 27.8. The van der Waals surface area contributed by atoms with Crippen LogP contribution in [0.3, 0.4) is 0 Å². The number of carbonyl (C=O) groups is 1. The second-order valence-corrected chi connectivity index (χ2v) is 13.9. The number of alkyl halides is 1. The smallest absolute Gasteiger partial charge is 0.319 e. The molecule has 7 rings (SSSR count). The summed E-state index contributed by atoms with van der Waals surface area (Å²) in [5, 5.41) is 14.6. The molecule has 4 aromatic rings.